The third-order valence-corrected chi connectivity index (χ3v) is 3.01. The fraction of sp³-hybridized carbons (Fsp3) is 1.00. The lowest BCUT2D eigenvalue weighted by atomic mass is 9.96. The standard InChI is InChI=1S/C9H17ClO/c1-3-4-9(10)8-5-6-11-7(8)2/h7-9H,3-6H2,1-2H3. The SMILES string of the molecule is CCCC(Cl)C1CCOC1C. The molecule has 2 heteroatoms. The summed E-state index contributed by atoms with van der Waals surface area (Å²) in [4.78, 5) is 0. The zero-order valence-corrected chi connectivity index (χ0v) is 8.10. The van der Waals surface area contributed by atoms with Gasteiger partial charge in [-0.25, -0.2) is 0 Å². The highest BCUT2D eigenvalue weighted by Crippen LogP contribution is 2.29. The number of halogens is 1. The van der Waals surface area contributed by atoms with Crippen LogP contribution in [0.4, 0.5) is 0 Å². The van der Waals surface area contributed by atoms with Crippen LogP contribution in [0.3, 0.4) is 0 Å². The molecule has 1 aliphatic rings. The van der Waals surface area contributed by atoms with Crippen LogP contribution < -0.4 is 0 Å². The highest BCUT2D eigenvalue weighted by Gasteiger charge is 2.29. The van der Waals surface area contributed by atoms with E-state index in [1.165, 1.54) is 6.42 Å². The number of rotatable bonds is 3. The highest BCUT2D eigenvalue weighted by molar-refractivity contribution is 6.20. The van der Waals surface area contributed by atoms with Gasteiger partial charge in [0.1, 0.15) is 0 Å². The number of ether oxygens (including phenoxy) is 1. The lowest BCUT2D eigenvalue weighted by molar-refractivity contribution is 0.104. The molecule has 0 bridgehead atoms. The fourth-order valence-electron chi connectivity index (χ4n) is 1.71. The Hall–Kier alpha value is 0.250. The van der Waals surface area contributed by atoms with Crippen LogP contribution in [0.1, 0.15) is 33.1 Å². The van der Waals surface area contributed by atoms with E-state index in [0.717, 1.165) is 19.4 Å². The maximum atomic E-state index is 6.20. The van der Waals surface area contributed by atoms with Crippen molar-refractivity contribution in [1.82, 2.24) is 0 Å². The first-order valence-electron chi connectivity index (χ1n) is 4.51. The van der Waals surface area contributed by atoms with Crippen molar-refractivity contribution in [3.05, 3.63) is 0 Å². The molecule has 0 aromatic carbocycles. The van der Waals surface area contributed by atoms with Crippen LogP contribution in [0, 0.1) is 5.92 Å². The van der Waals surface area contributed by atoms with Gasteiger partial charge in [0, 0.05) is 17.9 Å². The fourth-order valence-corrected chi connectivity index (χ4v) is 2.26. The molecule has 66 valence electrons. The topological polar surface area (TPSA) is 9.23 Å². The van der Waals surface area contributed by atoms with Crippen LogP contribution in [-0.4, -0.2) is 18.1 Å². The Morgan fingerprint density at radius 2 is 2.36 bits per heavy atom. The van der Waals surface area contributed by atoms with E-state index in [9.17, 15) is 0 Å². The van der Waals surface area contributed by atoms with Gasteiger partial charge in [0.25, 0.3) is 0 Å². The van der Waals surface area contributed by atoms with E-state index < -0.39 is 0 Å². The molecule has 0 aromatic rings. The molecule has 0 N–H and O–H groups in total. The molecule has 0 spiro atoms. The van der Waals surface area contributed by atoms with Crippen molar-refractivity contribution in [3.8, 4) is 0 Å². The second kappa shape index (κ2) is 4.32. The Morgan fingerprint density at radius 1 is 1.64 bits per heavy atom. The molecule has 3 atom stereocenters. The van der Waals surface area contributed by atoms with Gasteiger partial charge in [-0.2, -0.15) is 0 Å². The monoisotopic (exact) mass is 176 g/mol. The molecule has 1 rings (SSSR count). The van der Waals surface area contributed by atoms with Gasteiger partial charge in [-0.1, -0.05) is 13.3 Å². The largest absolute Gasteiger partial charge is 0.378 e. The van der Waals surface area contributed by atoms with E-state index in [2.05, 4.69) is 13.8 Å². The highest BCUT2D eigenvalue weighted by atomic mass is 35.5. The van der Waals surface area contributed by atoms with E-state index in [-0.39, 0.29) is 0 Å². The molecule has 0 radical (unpaired) electrons. The second-order valence-electron chi connectivity index (χ2n) is 3.33. The van der Waals surface area contributed by atoms with Gasteiger partial charge in [0.2, 0.25) is 0 Å². The summed E-state index contributed by atoms with van der Waals surface area (Å²) < 4.78 is 5.45. The van der Waals surface area contributed by atoms with Crippen molar-refractivity contribution in [1.29, 1.82) is 0 Å². The van der Waals surface area contributed by atoms with Gasteiger partial charge < -0.3 is 4.74 Å². The third kappa shape index (κ3) is 2.34. The molecule has 1 fully saturated rings. The van der Waals surface area contributed by atoms with Crippen LogP contribution in [-0.2, 0) is 4.74 Å². The van der Waals surface area contributed by atoms with Crippen molar-refractivity contribution in [2.24, 2.45) is 5.92 Å². The van der Waals surface area contributed by atoms with E-state index >= 15 is 0 Å². The summed E-state index contributed by atoms with van der Waals surface area (Å²) in [5.74, 6) is 0.594. The lowest BCUT2D eigenvalue weighted by Gasteiger charge is -2.19. The van der Waals surface area contributed by atoms with E-state index in [1.54, 1.807) is 0 Å². The summed E-state index contributed by atoms with van der Waals surface area (Å²) in [6.07, 6.45) is 3.83. The van der Waals surface area contributed by atoms with Gasteiger partial charge in [-0.15, -0.1) is 11.6 Å². The zero-order chi connectivity index (χ0) is 8.27. The lowest BCUT2D eigenvalue weighted by Crippen LogP contribution is -2.21. The molecular formula is C9H17ClO. The first kappa shape index (κ1) is 9.34. The Labute approximate surface area is 74.1 Å². The Balaban J connectivity index is 2.33. The Kier molecular flexibility index (Phi) is 3.67. The summed E-state index contributed by atoms with van der Waals surface area (Å²) in [5.41, 5.74) is 0. The first-order chi connectivity index (χ1) is 5.25. The molecule has 1 saturated heterocycles. The van der Waals surface area contributed by atoms with Crippen molar-refractivity contribution in [2.75, 3.05) is 6.61 Å². The molecule has 1 aliphatic heterocycles. The summed E-state index contributed by atoms with van der Waals surface area (Å²) in [6.45, 7) is 5.21. The van der Waals surface area contributed by atoms with Gasteiger partial charge in [0.05, 0.1) is 6.10 Å². The average Bonchev–Trinajstić information content (AvgIpc) is 2.36. The van der Waals surface area contributed by atoms with Crippen LogP contribution in [0.2, 0.25) is 0 Å². The maximum Gasteiger partial charge on any atom is 0.0590 e. The molecule has 0 aliphatic carbocycles. The summed E-state index contributed by atoms with van der Waals surface area (Å²) in [6, 6.07) is 0. The number of hydrogen-bond acceptors (Lipinski definition) is 1. The van der Waals surface area contributed by atoms with Gasteiger partial charge >= 0.3 is 0 Å². The summed E-state index contributed by atoms with van der Waals surface area (Å²) >= 11 is 6.20. The van der Waals surface area contributed by atoms with Crippen molar-refractivity contribution in [3.63, 3.8) is 0 Å². The minimum absolute atomic E-state index is 0.331. The quantitative estimate of drug-likeness (QED) is 0.601. The molecule has 1 heterocycles. The molecule has 11 heavy (non-hydrogen) atoms. The number of hydrogen-bond donors (Lipinski definition) is 0. The summed E-state index contributed by atoms with van der Waals surface area (Å²) in [5, 5.41) is 0.331. The molecule has 3 unspecified atom stereocenters. The minimum atomic E-state index is 0.331. The summed E-state index contributed by atoms with van der Waals surface area (Å²) in [7, 11) is 0. The molecule has 0 saturated carbocycles. The van der Waals surface area contributed by atoms with Crippen LogP contribution >= 0.6 is 11.6 Å². The van der Waals surface area contributed by atoms with Crippen molar-refractivity contribution >= 4 is 11.6 Å². The second-order valence-corrected chi connectivity index (χ2v) is 3.89. The van der Waals surface area contributed by atoms with Crippen molar-refractivity contribution in [2.45, 2.75) is 44.6 Å². The predicted molar refractivity (Wildman–Crippen MR) is 48.1 cm³/mol. The van der Waals surface area contributed by atoms with Crippen LogP contribution in [0.25, 0.3) is 0 Å². The average molecular weight is 177 g/mol. The Bertz CT molecular complexity index is 116. The van der Waals surface area contributed by atoms with Crippen LogP contribution in [0.5, 0.6) is 0 Å². The van der Waals surface area contributed by atoms with E-state index in [4.69, 9.17) is 16.3 Å². The minimum Gasteiger partial charge on any atom is -0.378 e. The van der Waals surface area contributed by atoms with Gasteiger partial charge in [-0.3, -0.25) is 0 Å². The normalized spacial score (nSPS) is 34.1. The number of alkyl halides is 1. The molecular weight excluding hydrogens is 160 g/mol. The van der Waals surface area contributed by atoms with E-state index in [0.29, 0.717) is 17.4 Å². The maximum absolute atomic E-state index is 6.20. The van der Waals surface area contributed by atoms with Gasteiger partial charge in [0.15, 0.2) is 0 Å². The van der Waals surface area contributed by atoms with Crippen molar-refractivity contribution < 1.29 is 4.74 Å². The van der Waals surface area contributed by atoms with Gasteiger partial charge in [-0.05, 0) is 19.8 Å². The third-order valence-electron chi connectivity index (χ3n) is 2.46. The first-order valence-corrected chi connectivity index (χ1v) is 4.95. The zero-order valence-electron chi connectivity index (χ0n) is 7.35. The van der Waals surface area contributed by atoms with E-state index in [1.807, 2.05) is 0 Å². The van der Waals surface area contributed by atoms with Crippen LogP contribution in [0.15, 0.2) is 0 Å². The molecule has 1 nitrogen and oxygen atoms in total. The predicted octanol–water partition coefficient (Wildman–Crippen LogP) is 2.82. The molecule has 0 amide bonds. The Morgan fingerprint density at radius 3 is 2.82 bits per heavy atom. The molecule has 0 aromatic heterocycles. The smallest absolute Gasteiger partial charge is 0.0590 e.